The largest absolute Gasteiger partial charge is 0.453 e. The number of hydrogen-bond acceptors (Lipinski definition) is 3. The van der Waals surface area contributed by atoms with E-state index in [1.54, 1.807) is 17.7 Å². The Balaban J connectivity index is 2.10. The average Bonchev–Trinajstić information content (AvgIpc) is 2.98. The molecule has 2 aromatic heterocycles. The first-order chi connectivity index (χ1) is 10.0. The van der Waals surface area contributed by atoms with Crippen LogP contribution in [0.4, 0.5) is 4.39 Å². The van der Waals surface area contributed by atoms with Crippen molar-refractivity contribution in [2.45, 2.75) is 27.3 Å². The minimum absolute atomic E-state index is 0.206. The second-order valence-corrected chi connectivity index (χ2v) is 4.98. The van der Waals surface area contributed by atoms with Crippen LogP contribution >= 0.6 is 0 Å². The highest BCUT2D eigenvalue weighted by molar-refractivity contribution is 6.10. The molecule has 4 nitrogen and oxygen atoms in total. The molecule has 0 amide bonds. The first-order valence-corrected chi connectivity index (χ1v) is 6.79. The van der Waals surface area contributed by atoms with Gasteiger partial charge >= 0.3 is 0 Å². The van der Waals surface area contributed by atoms with E-state index in [2.05, 4.69) is 5.10 Å². The summed E-state index contributed by atoms with van der Waals surface area (Å²) in [6.07, 6.45) is 0. The predicted octanol–water partition coefficient (Wildman–Crippen LogP) is 3.64. The van der Waals surface area contributed by atoms with Gasteiger partial charge in [0.2, 0.25) is 5.78 Å². The van der Waals surface area contributed by atoms with Gasteiger partial charge in [-0.1, -0.05) is 0 Å². The lowest BCUT2D eigenvalue weighted by Crippen LogP contribution is -2.04. The summed E-state index contributed by atoms with van der Waals surface area (Å²) in [5.74, 6) is -0.368. The fourth-order valence-electron chi connectivity index (χ4n) is 2.58. The van der Waals surface area contributed by atoms with Crippen molar-refractivity contribution in [2.24, 2.45) is 0 Å². The second kappa shape index (κ2) is 4.84. The van der Waals surface area contributed by atoms with E-state index >= 15 is 0 Å². The van der Waals surface area contributed by atoms with E-state index in [0.717, 1.165) is 5.69 Å². The van der Waals surface area contributed by atoms with E-state index in [1.165, 1.54) is 18.2 Å². The van der Waals surface area contributed by atoms with Crippen molar-refractivity contribution in [3.8, 4) is 0 Å². The Bertz CT molecular complexity index is 845. The number of carbonyl (C=O) groups excluding carboxylic acids is 1. The number of furan rings is 1. The highest BCUT2D eigenvalue weighted by atomic mass is 19.1. The van der Waals surface area contributed by atoms with Crippen molar-refractivity contribution in [2.75, 3.05) is 0 Å². The van der Waals surface area contributed by atoms with Crippen LogP contribution in [0.1, 0.15) is 34.4 Å². The number of aryl methyl sites for hydroxylation is 2. The molecule has 0 saturated carbocycles. The van der Waals surface area contributed by atoms with Crippen LogP contribution in [0, 0.1) is 19.7 Å². The average molecular weight is 286 g/mol. The lowest BCUT2D eigenvalue weighted by Gasteiger charge is -2.00. The lowest BCUT2D eigenvalue weighted by molar-refractivity contribution is 0.101. The molecule has 3 aromatic rings. The summed E-state index contributed by atoms with van der Waals surface area (Å²) in [6, 6.07) is 5.76. The Hall–Kier alpha value is -2.43. The molecule has 5 heteroatoms. The molecule has 0 fully saturated rings. The molecule has 0 unspecified atom stereocenters. The summed E-state index contributed by atoms with van der Waals surface area (Å²) < 4.78 is 20.5. The molecule has 21 heavy (non-hydrogen) atoms. The second-order valence-electron chi connectivity index (χ2n) is 4.98. The Morgan fingerprint density at radius 2 is 2.10 bits per heavy atom. The molecular weight excluding hydrogens is 271 g/mol. The molecule has 0 aliphatic heterocycles. The Labute approximate surface area is 121 Å². The molecule has 0 radical (unpaired) electrons. The van der Waals surface area contributed by atoms with Gasteiger partial charge in [-0.3, -0.25) is 9.48 Å². The van der Waals surface area contributed by atoms with E-state index in [0.29, 0.717) is 28.8 Å². The third-order valence-electron chi connectivity index (χ3n) is 3.61. The number of rotatable bonds is 3. The van der Waals surface area contributed by atoms with Crippen molar-refractivity contribution in [3.63, 3.8) is 0 Å². The number of carbonyl (C=O) groups is 1. The van der Waals surface area contributed by atoms with Crippen LogP contribution in [-0.2, 0) is 6.54 Å². The number of halogens is 1. The first-order valence-electron chi connectivity index (χ1n) is 6.79. The first kappa shape index (κ1) is 13.5. The fourth-order valence-corrected chi connectivity index (χ4v) is 2.58. The monoisotopic (exact) mass is 286 g/mol. The van der Waals surface area contributed by atoms with Gasteiger partial charge < -0.3 is 4.42 Å². The van der Waals surface area contributed by atoms with Crippen LogP contribution < -0.4 is 0 Å². The van der Waals surface area contributed by atoms with Gasteiger partial charge in [0.15, 0.2) is 5.76 Å². The maximum Gasteiger partial charge on any atom is 0.231 e. The molecule has 0 N–H and O–H groups in total. The molecule has 0 aliphatic rings. The standard InChI is InChI=1S/C16H15FN2O2/c1-4-19-10(3)15(9(2)18-19)16(20)14-8-11-7-12(17)5-6-13(11)21-14/h5-8H,4H2,1-3H3. The van der Waals surface area contributed by atoms with Crippen LogP contribution in [0.25, 0.3) is 11.0 Å². The van der Waals surface area contributed by atoms with E-state index < -0.39 is 0 Å². The molecule has 3 rings (SSSR count). The van der Waals surface area contributed by atoms with Gasteiger partial charge in [-0.05, 0) is 45.0 Å². The third-order valence-corrected chi connectivity index (χ3v) is 3.61. The van der Waals surface area contributed by atoms with E-state index in [4.69, 9.17) is 4.42 Å². The maximum atomic E-state index is 13.2. The van der Waals surface area contributed by atoms with Crippen LogP contribution in [0.15, 0.2) is 28.7 Å². The number of hydrogen-bond donors (Lipinski definition) is 0. The zero-order chi connectivity index (χ0) is 15.1. The zero-order valence-electron chi connectivity index (χ0n) is 12.1. The summed E-state index contributed by atoms with van der Waals surface area (Å²) in [5.41, 5.74) is 2.53. The summed E-state index contributed by atoms with van der Waals surface area (Å²) >= 11 is 0. The number of aromatic nitrogens is 2. The molecule has 0 atom stereocenters. The number of fused-ring (bicyclic) bond motifs is 1. The molecule has 108 valence electrons. The molecule has 2 heterocycles. The molecule has 1 aromatic carbocycles. The maximum absolute atomic E-state index is 13.2. The molecule has 0 spiro atoms. The van der Waals surface area contributed by atoms with Gasteiger partial charge in [0.05, 0.1) is 11.3 Å². The van der Waals surface area contributed by atoms with E-state index in [1.807, 2.05) is 13.8 Å². The Kier molecular flexibility index (Phi) is 3.12. The quantitative estimate of drug-likeness (QED) is 0.691. The Morgan fingerprint density at radius 1 is 1.33 bits per heavy atom. The van der Waals surface area contributed by atoms with Crippen molar-refractivity contribution in [1.29, 1.82) is 0 Å². The number of benzene rings is 1. The molecule has 0 saturated heterocycles. The minimum atomic E-state index is -0.353. The summed E-state index contributed by atoms with van der Waals surface area (Å²) in [5, 5.41) is 4.92. The minimum Gasteiger partial charge on any atom is -0.453 e. The fraction of sp³-hybridized carbons (Fsp3) is 0.250. The van der Waals surface area contributed by atoms with Crippen LogP contribution in [0.2, 0.25) is 0 Å². The van der Waals surface area contributed by atoms with Crippen molar-refractivity contribution in [3.05, 3.63) is 52.8 Å². The van der Waals surface area contributed by atoms with E-state index in [9.17, 15) is 9.18 Å². The van der Waals surface area contributed by atoms with E-state index in [-0.39, 0.29) is 17.4 Å². The van der Waals surface area contributed by atoms with Crippen LogP contribution in [0.5, 0.6) is 0 Å². The van der Waals surface area contributed by atoms with Gasteiger partial charge in [0, 0.05) is 17.6 Å². The smallest absolute Gasteiger partial charge is 0.231 e. The van der Waals surface area contributed by atoms with Crippen molar-refractivity contribution in [1.82, 2.24) is 9.78 Å². The highest BCUT2D eigenvalue weighted by Gasteiger charge is 2.22. The molecule has 0 bridgehead atoms. The zero-order valence-corrected chi connectivity index (χ0v) is 12.1. The topological polar surface area (TPSA) is 48.0 Å². The van der Waals surface area contributed by atoms with Crippen molar-refractivity contribution < 1.29 is 13.6 Å². The highest BCUT2D eigenvalue weighted by Crippen LogP contribution is 2.24. The van der Waals surface area contributed by atoms with Gasteiger partial charge in [-0.2, -0.15) is 5.10 Å². The number of nitrogens with zero attached hydrogens (tertiary/aromatic N) is 2. The summed E-state index contributed by atoms with van der Waals surface area (Å²) in [7, 11) is 0. The van der Waals surface area contributed by atoms with Gasteiger partial charge in [0.1, 0.15) is 11.4 Å². The molecule has 0 aliphatic carbocycles. The van der Waals surface area contributed by atoms with Crippen molar-refractivity contribution >= 4 is 16.8 Å². The van der Waals surface area contributed by atoms with Crippen LogP contribution in [-0.4, -0.2) is 15.6 Å². The lowest BCUT2D eigenvalue weighted by atomic mass is 10.1. The SMILES string of the molecule is CCn1nc(C)c(C(=O)c2cc3cc(F)ccc3o2)c1C. The van der Waals surface area contributed by atoms with Crippen LogP contribution in [0.3, 0.4) is 0 Å². The Morgan fingerprint density at radius 3 is 2.76 bits per heavy atom. The molecular formula is C16H15FN2O2. The third kappa shape index (κ3) is 2.14. The predicted molar refractivity (Wildman–Crippen MR) is 77.0 cm³/mol. The normalized spacial score (nSPS) is 11.2. The summed E-state index contributed by atoms with van der Waals surface area (Å²) in [4.78, 5) is 12.6. The summed E-state index contributed by atoms with van der Waals surface area (Å²) in [6.45, 7) is 6.33. The van der Waals surface area contributed by atoms with Gasteiger partial charge in [-0.25, -0.2) is 4.39 Å². The number of ketones is 1. The van der Waals surface area contributed by atoms with Gasteiger partial charge in [-0.15, -0.1) is 0 Å². The van der Waals surface area contributed by atoms with Gasteiger partial charge in [0.25, 0.3) is 0 Å².